The molecule has 0 saturated carbocycles. The number of hydrogen-bond donors (Lipinski definition) is 1. The Kier molecular flexibility index (Phi) is 4.22. The highest BCUT2D eigenvalue weighted by molar-refractivity contribution is 5.98. The van der Waals surface area contributed by atoms with Crippen molar-refractivity contribution in [2.45, 2.75) is 6.92 Å². The van der Waals surface area contributed by atoms with Crippen LogP contribution in [0.4, 0.5) is 17.1 Å². The molecular formula is C12H14N4O6. The molecule has 0 atom stereocenters. The van der Waals surface area contributed by atoms with Crippen molar-refractivity contribution < 1.29 is 19.4 Å². The van der Waals surface area contributed by atoms with E-state index >= 15 is 0 Å². The van der Waals surface area contributed by atoms with Crippen LogP contribution in [-0.2, 0) is 4.74 Å². The van der Waals surface area contributed by atoms with E-state index in [9.17, 15) is 25.0 Å². The maximum atomic E-state index is 11.4. The van der Waals surface area contributed by atoms with Gasteiger partial charge in [-0.15, -0.1) is 0 Å². The van der Waals surface area contributed by atoms with Crippen LogP contribution in [0.3, 0.4) is 0 Å². The summed E-state index contributed by atoms with van der Waals surface area (Å²) in [5.41, 5.74) is 3.87. The van der Waals surface area contributed by atoms with Gasteiger partial charge in [0.15, 0.2) is 5.69 Å². The maximum Gasteiger partial charge on any atom is 0.303 e. The van der Waals surface area contributed by atoms with Crippen LogP contribution in [0.5, 0.6) is 0 Å². The molecule has 0 spiro atoms. The lowest BCUT2D eigenvalue weighted by Crippen LogP contribution is -2.37. The molecule has 1 aliphatic heterocycles. The number of nitrogens with two attached hydrogens (primary N) is 1. The largest absolute Gasteiger partial charge is 0.378 e. The molecule has 1 aromatic carbocycles. The molecule has 2 N–H and O–H groups in total. The first-order valence-electron chi connectivity index (χ1n) is 6.43. The van der Waals surface area contributed by atoms with Crippen LogP contribution < -0.4 is 10.6 Å². The number of benzene rings is 1. The van der Waals surface area contributed by atoms with Crippen molar-refractivity contribution in [3.63, 3.8) is 0 Å². The Balaban J connectivity index is 2.77. The molecule has 22 heavy (non-hydrogen) atoms. The normalized spacial score (nSPS) is 14.7. The highest BCUT2D eigenvalue weighted by Crippen LogP contribution is 2.41. The van der Waals surface area contributed by atoms with Crippen molar-refractivity contribution in [1.29, 1.82) is 0 Å². The Morgan fingerprint density at radius 1 is 1.27 bits per heavy atom. The van der Waals surface area contributed by atoms with Crippen molar-refractivity contribution in [3.8, 4) is 0 Å². The third-order valence-electron chi connectivity index (χ3n) is 3.48. The standard InChI is InChI=1S/C12H14N4O6/c1-7-8(12(13)17)6-9(15(18)19)11(10(7)16(20)21)14-2-4-22-5-3-14/h6H,2-5H2,1H3,(H2,13,17). The van der Waals surface area contributed by atoms with Gasteiger partial charge in [-0.3, -0.25) is 25.0 Å². The Labute approximate surface area is 124 Å². The summed E-state index contributed by atoms with van der Waals surface area (Å²) in [5, 5.41) is 22.7. The molecule has 2 rings (SSSR count). The second-order valence-electron chi connectivity index (χ2n) is 4.74. The van der Waals surface area contributed by atoms with Crippen LogP contribution in [0.2, 0.25) is 0 Å². The van der Waals surface area contributed by atoms with Crippen LogP contribution in [0.1, 0.15) is 15.9 Å². The van der Waals surface area contributed by atoms with Gasteiger partial charge < -0.3 is 15.4 Å². The first kappa shape index (κ1) is 15.6. The van der Waals surface area contributed by atoms with Gasteiger partial charge in [0.05, 0.1) is 28.6 Å². The van der Waals surface area contributed by atoms with Crippen molar-refractivity contribution in [2.75, 3.05) is 31.2 Å². The zero-order valence-electron chi connectivity index (χ0n) is 11.8. The Morgan fingerprint density at radius 2 is 1.86 bits per heavy atom. The molecule has 118 valence electrons. The highest BCUT2D eigenvalue weighted by Gasteiger charge is 2.35. The number of anilines is 1. The zero-order valence-corrected chi connectivity index (χ0v) is 11.8. The molecule has 0 unspecified atom stereocenters. The first-order valence-corrected chi connectivity index (χ1v) is 6.43. The molecule has 1 heterocycles. The van der Waals surface area contributed by atoms with Crippen molar-refractivity contribution in [3.05, 3.63) is 37.4 Å². The van der Waals surface area contributed by atoms with Gasteiger partial charge in [-0.25, -0.2) is 0 Å². The summed E-state index contributed by atoms with van der Waals surface area (Å²) in [6.07, 6.45) is 0. The molecule has 1 saturated heterocycles. The average molecular weight is 310 g/mol. The molecule has 0 aliphatic carbocycles. The molecular weight excluding hydrogens is 296 g/mol. The van der Waals surface area contributed by atoms with E-state index in [0.717, 1.165) is 6.07 Å². The molecule has 10 nitrogen and oxygen atoms in total. The number of nitro groups is 2. The average Bonchev–Trinajstić information content (AvgIpc) is 2.46. The Hall–Kier alpha value is -2.75. The van der Waals surface area contributed by atoms with E-state index in [1.807, 2.05) is 0 Å². The number of primary amides is 1. The smallest absolute Gasteiger partial charge is 0.303 e. The second kappa shape index (κ2) is 5.93. The van der Waals surface area contributed by atoms with E-state index in [4.69, 9.17) is 10.5 Å². The first-order chi connectivity index (χ1) is 10.3. The zero-order chi connectivity index (χ0) is 16.4. The number of amides is 1. The summed E-state index contributed by atoms with van der Waals surface area (Å²) >= 11 is 0. The van der Waals surface area contributed by atoms with Crippen molar-refractivity contribution >= 4 is 23.0 Å². The SMILES string of the molecule is Cc1c(C(N)=O)cc([N+](=O)[O-])c(N2CCOCC2)c1[N+](=O)[O-]. The van der Waals surface area contributed by atoms with Gasteiger partial charge in [-0.2, -0.15) is 0 Å². The minimum Gasteiger partial charge on any atom is -0.378 e. The van der Waals surface area contributed by atoms with E-state index in [1.54, 1.807) is 0 Å². The van der Waals surface area contributed by atoms with Crippen LogP contribution in [-0.4, -0.2) is 42.1 Å². The fourth-order valence-electron chi connectivity index (χ4n) is 2.46. The maximum absolute atomic E-state index is 11.4. The van der Waals surface area contributed by atoms with Gasteiger partial charge in [0.1, 0.15) is 0 Å². The summed E-state index contributed by atoms with van der Waals surface area (Å²) in [6, 6.07) is 0.995. The van der Waals surface area contributed by atoms with Gasteiger partial charge in [0.2, 0.25) is 5.91 Å². The molecule has 0 aromatic heterocycles. The number of carbonyl (C=O) groups is 1. The lowest BCUT2D eigenvalue weighted by atomic mass is 10.0. The highest BCUT2D eigenvalue weighted by atomic mass is 16.6. The minimum absolute atomic E-state index is 0.0181. The van der Waals surface area contributed by atoms with Crippen LogP contribution in [0.25, 0.3) is 0 Å². The third-order valence-corrected chi connectivity index (χ3v) is 3.48. The number of hydrogen-bond acceptors (Lipinski definition) is 7. The van der Waals surface area contributed by atoms with Crippen LogP contribution in [0.15, 0.2) is 6.07 Å². The summed E-state index contributed by atoms with van der Waals surface area (Å²) in [6.45, 7) is 2.55. The molecule has 1 aromatic rings. The monoisotopic (exact) mass is 310 g/mol. The number of carbonyl (C=O) groups excluding carboxylic acids is 1. The fourth-order valence-corrected chi connectivity index (χ4v) is 2.46. The molecule has 0 bridgehead atoms. The van der Waals surface area contributed by atoms with E-state index in [-0.39, 0.29) is 29.9 Å². The van der Waals surface area contributed by atoms with E-state index < -0.39 is 27.1 Å². The minimum atomic E-state index is -0.947. The summed E-state index contributed by atoms with van der Waals surface area (Å²) in [4.78, 5) is 34.2. The molecule has 1 fully saturated rings. The number of morpholine rings is 1. The number of nitrogens with zero attached hydrogens (tertiary/aromatic N) is 3. The topological polar surface area (TPSA) is 142 Å². The van der Waals surface area contributed by atoms with Crippen LogP contribution >= 0.6 is 0 Å². The van der Waals surface area contributed by atoms with Gasteiger partial charge in [-0.1, -0.05) is 0 Å². The third kappa shape index (κ3) is 2.68. The van der Waals surface area contributed by atoms with Crippen molar-refractivity contribution in [1.82, 2.24) is 0 Å². The Bertz CT molecular complexity index is 654. The fraction of sp³-hybridized carbons (Fsp3) is 0.417. The van der Waals surface area contributed by atoms with Gasteiger partial charge in [-0.05, 0) is 6.92 Å². The summed E-state index contributed by atoms with van der Waals surface area (Å²) in [7, 11) is 0. The molecule has 0 radical (unpaired) electrons. The number of ether oxygens (including phenoxy) is 1. The Morgan fingerprint density at radius 3 is 2.32 bits per heavy atom. The van der Waals surface area contributed by atoms with Crippen LogP contribution in [0, 0.1) is 27.2 Å². The van der Waals surface area contributed by atoms with E-state index in [2.05, 4.69) is 0 Å². The predicted molar refractivity (Wildman–Crippen MR) is 76.0 cm³/mol. The van der Waals surface area contributed by atoms with Gasteiger partial charge in [0, 0.05) is 24.7 Å². The summed E-state index contributed by atoms with van der Waals surface area (Å²) in [5.74, 6) is -0.947. The second-order valence-corrected chi connectivity index (χ2v) is 4.74. The number of nitro benzene ring substituents is 2. The molecule has 1 amide bonds. The summed E-state index contributed by atoms with van der Waals surface area (Å²) < 4.78 is 5.16. The van der Waals surface area contributed by atoms with E-state index in [1.165, 1.54) is 11.8 Å². The molecule has 1 aliphatic rings. The van der Waals surface area contributed by atoms with Gasteiger partial charge >= 0.3 is 5.69 Å². The predicted octanol–water partition coefficient (Wildman–Crippen LogP) is 0.747. The lowest BCUT2D eigenvalue weighted by molar-refractivity contribution is -0.393. The lowest BCUT2D eigenvalue weighted by Gasteiger charge is -2.28. The quantitative estimate of drug-likeness (QED) is 0.638. The van der Waals surface area contributed by atoms with Gasteiger partial charge in [0.25, 0.3) is 5.69 Å². The van der Waals surface area contributed by atoms with E-state index in [0.29, 0.717) is 13.2 Å². The molecule has 10 heteroatoms. The number of rotatable bonds is 4. The van der Waals surface area contributed by atoms with Crippen molar-refractivity contribution in [2.24, 2.45) is 5.73 Å².